The number of hydrogen-bond acceptors (Lipinski definition) is 3. The molecule has 0 saturated carbocycles. The first kappa shape index (κ1) is 8.71. The van der Waals surface area contributed by atoms with E-state index in [1.165, 1.54) is 5.56 Å². The van der Waals surface area contributed by atoms with E-state index in [-0.39, 0.29) is 11.9 Å². The summed E-state index contributed by atoms with van der Waals surface area (Å²) in [5, 5.41) is 2.88. The monoisotopic (exact) mass is 203 g/mol. The molecule has 3 rings (SSSR count). The van der Waals surface area contributed by atoms with Crippen LogP contribution in [0.2, 0.25) is 0 Å². The number of rotatable bonds is 0. The highest BCUT2D eigenvalue weighted by molar-refractivity contribution is 6.03. The first-order valence-corrected chi connectivity index (χ1v) is 5.30. The molecule has 4 heteroatoms. The topological polar surface area (TPSA) is 45.2 Å². The van der Waals surface area contributed by atoms with Gasteiger partial charge in [-0.2, -0.15) is 0 Å². The Bertz CT molecular complexity index is 430. The number of carbonyl (C=O) groups excluding carboxylic acids is 1. The molecule has 2 aliphatic rings. The van der Waals surface area contributed by atoms with Crippen LogP contribution in [0.25, 0.3) is 0 Å². The average Bonchev–Trinajstić information content (AvgIpc) is 2.66. The average molecular weight is 203 g/mol. The fourth-order valence-corrected chi connectivity index (χ4v) is 2.51. The van der Waals surface area contributed by atoms with Crippen LogP contribution < -0.4 is 10.2 Å². The summed E-state index contributed by atoms with van der Waals surface area (Å²) in [7, 11) is 0. The Morgan fingerprint density at radius 1 is 1.60 bits per heavy atom. The number of amides is 1. The number of hydrogen-bond donors (Lipinski definition) is 1. The Labute approximate surface area is 88.3 Å². The van der Waals surface area contributed by atoms with E-state index >= 15 is 0 Å². The lowest BCUT2D eigenvalue weighted by Crippen LogP contribution is -2.44. The van der Waals surface area contributed by atoms with E-state index < -0.39 is 0 Å². The second-order valence-electron chi connectivity index (χ2n) is 4.17. The predicted octanol–water partition coefficient (Wildman–Crippen LogP) is 1.31. The van der Waals surface area contributed by atoms with E-state index in [2.05, 4.69) is 22.1 Å². The zero-order valence-electron chi connectivity index (χ0n) is 8.66. The predicted molar refractivity (Wildman–Crippen MR) is 58.0 cm³/mol. The second kappa shape index (κ2) is 2.95. The van der Waals surface area contributed by atoms with Crippen molar-refractivity contribution in [1.29, 1.82) is 0 Å². The fourth-order valence-electron chi connectivity index (χ4n) is 2.51. The molecule has 1 aromatic heterocycles. The summed E-state index contributed by atoms with van der Waals surface area (Å²) in [6, 6.07) is 2.02. The third kappa shape index (κ3) is 1.14. The van der Waals surface area contributed by atoms with Gasteiger partial charge in [-0.15, -0.1) is 0 Å². The van der Waals surface area contributed by atoms with Crippen LogP contribution in [0, 0.1) is 6.92 Å². The molecule has 0 spiro atoms. The quantitative estimate of drug-likeness (QED) is 0.691. The van der Waals surface area contributed by atoms with Gasteiger partial charge in [0, 0.05) is 12.7 Å². The van der Waals surface area contributed by atoms with Crippen molar-refractivity contribution in [1.82, 2.24) is 4.98 Å². The van der Waals surface area contributed by atoms with Crippen molar-refractivity contribution in [3.05, 3.63) is 17.8 Å². The number of nitrogens with one attached hydrogen (secondary N) is 1. The van der Waals surface area contributed by atoms with E-state index in [4.69, 9.17) is 0 Å². The van der Waals surface area contributed by atoms with Crippen LogP contribution in [0.3, 0.4) is 0 Å². The molecule has 15 heavy (non-hydrogen) atoms. The normalized spacial score (nSPS) is 23.4. The third-order valence-electron chi connectivity index (χ3n) is 3.21. The molecule has 0 bridgehead atoms. The number of aryl methyl sites for hydroxylation is 1. The number of fused-ring (bicyclic) bond motifs is 3. The summed E-state index contributed by atoms with van der Waals surface area (Å²) in [5.41, 5.74) is 2.30. The Hall–Kier alpha value is -1.58. The lowest BCUT2D eigenvalue weighted by molar-refractivity contribution is -0.117. The molecule has 0 radical (unpaired) electrons. The van der Waals surface area contributed by atoms with Crippen molar-refractivity contribution < 1.29 is 4.79 Å². The van der Waals surface area contributed by atoms with Crippen LogP contribution in [-0.2, 0) is 4.79 Å². The first-order chi connectivity index (χ1) is 7.27. The number of aromatic nitrogens is 1. The van der Waals surface area contributed by atoms with E-state index in [0.29, 0.717) is 0 Å². The summed E-state index contributed by atoms with van der Waals surface area (Å²) in [4.78, 5) is 18.2. The van der Waals surface area contributed by atoms with Gasteiger partial charge in [-0.05, 0) is 31.4 Å². The summed E-state index contributed by atoms with van der Waals surface area (Å²) in [6.45, 7) is 3.03. The van der Waals surface area contributed by atoms with Crippen molar-refractivity contribution >= 4 is 17.4 Å². The maximum atomic E-state index is 11.8. The van der Waals surface area contributed by atoms with Gasteiger partial charge in [-0.1, -0.05) is 0 Å². The molecular weight excluding hydrogens is 190 g/mol. The Morgan fingerprint density at radius 2 is 2.47 bits per heavy atom. The van der Waals surface area contributed by atoms with Gasteiger partial charge in [0.15, 0.2) is 5.82 Å². The van der Waals surface area contributed by atoms with Crippen molar-refractivity contribution in [2.75, 3.05) is 16.8 Å². The van der Waals surface area contributed by atoms with Crippen molar-refractivity contribution in [2.24, 2.45) is 0 Å². The lowest BCUT2D eigenvalue weighted by atomic mass is 10.1. The van der Waals surface area contributed by atoms with Gasteiger partial charge >= 0.3 is 0 Å². The van der Waals surface area contributed by atoms with E-state index in [9.17, 15) is 4.79 Å². The molecule has 0 unspecified atom stereocenters. The molecule has 1 aromatic rings. The smallest absolute Gasteiger partial charge is 0.248 e. The number of pyridine rings is 1. The van der Waals surface area contributed by atoms with E-state index in [0.717, 1.165) is 30.9 Å². The SMILES string of the molecule is Cc1ccnc2c1N1CCC[C@H]1C(=O)N2. The van der Waals surface area contributed by atoms with Crippen molar-refractivity contribution in [3.63, 3.8) is 0 Å². The Kier molecular flexibility index (Phi) is 1.71. The minimum absolute atomic E-state index is 0.0281. The Balaban J connectivity index is 2.16. The number of anilines is 2. The van der Waals surface area contributed by atoms with Gasteiger partial charge < -0.3 is 10.2 Å². The Morgan fingerprint density at radius 3 is 3.33 bits per heavy atom. The van der Waals surface area contributed by atoms with E-state index in [1.54, 1.807) is 6.20 Å². The molecule has 1 N–H and O–H groups in total. The first-order valence-electron chi connectivity index (χ1n) is 5.30. The molecule has 4 nitrogen and oxygen atoms in total. The largest absolute Gasteiger partial charge is 0.356 e. The van der Waals surface area contributed by atoms with Crippen LogP contribution in [0.5, 0.6) is 0 Å². The molecule has 1 atom stereocenters. The van der Waals surface area contributed by atoms with Crippen molar-refractivity contribution in [2.45, 2.75) is 25.8 Å². The molecule has 1 amide bonds. The maximum Gasteiger partial charge on any atom is 0.248 e. The van der Waals surface area contributed by atoms with Gasteiger partial charge in [0.25, 0.3) is 0 Å². The zero-order valence-corrected chi connectivity index (χ0v) is 8.66. The number of carbonyl (C=O) groups is 1. The third-order valence-corrected chi connectivity index (χ3v) is 3.21. The van der Waals surface area contributed by atoms with Crippen LogP contribution in [0.1, 0.15) is 18.4 Å². The highest BCUT2D eigenvalue weighted by Crippen LogP contribution is 2.37. The summed E-state index contributed by atoms with van der Waals surface area (Å²) in [6.07, 6.45) is 3.79. The zero-order chi connectivity index (χ0) is 10.4. The van der Waals surface area contributed by atoms with Gasteiger partial charge in [-0.25, -0.2) is 4.98 Å². The minimum Gasteiger partial charge on any atom is -0.356 e. The van der Waals surface area contributed by atoms with Crippen LogP contribution in [0.4, 0.5) is 11.5 Å². The van der Waals surface area contributed by atoms with E-state index in [1.807, 2.05) is 6.07 Å². The van der Waals surface area contributed by atoms with Gasteiger partial charge in [-0.3, -0.25) is 4.79 Å². The molecule has 1 fully saturated rings. The van der Waals surface area contributed by atoms with Gasteiger partial charge in [0.05, 0.1) is 5.69 Å². The maximum absolute atomic E-state index is 11.8. The standard InChI is InChI=1S/C11H13N3O/c1-7-4-5-12-10-9(7)14-6-2-3-8(14)11(15)13-10/h4-5,8H,2-3,6H2,1H3,(H,12,13,15)/t8-/m0/s1. The molecule has 1 saturated heterocycles. The summed E-state index contributed by atoms with van der Waals surface area (Å²) >= 11 is 0. The molecule has 0 aromatic carbocycles. The molecule has 3 heterocycles. The van der Waals surface area contributed by atoms with Gasteiger partial charge in [0.2, 0.25) is 5.91 Å². The molecule has 78 valence electrons. The summed E-state index contributed by atoms with van der Waals surface area (Å²) < 4.78 is 0. The van der Waals surface area contributed by atoms with Gasteiger partial charge in [0.1, 0.15) is 6.04 Å². The molecule has 2 aliphatic heterocycles. The minimum atomic E-state index is 0.0281. The second-order valence-corrected chi connectivity index (χ2v) is 4.17. The van der Waals surface area contributed by atoms with Crippen LogP contribution >= 0.6 is 0 Å². The lowest BCUT2D eigenvalue weighted by Gasteiger charge is -2.33. The highest BCUT2D eigenvalue weighted by Gasteiger charge is 2.37. The fraction of sp³-hybridized carbons (Fsp3) is 0.455. The number of nitrogens with zero attached hydrogens (tertiary/aromatic N) is 2. The molecular formula is C11H13N3O. The van der Waals surface area contributed by atoms with Crippen molar-refractivity contribution in [3.8, 4) is 0 Å². The van der Waals surface area contributed by atoms with Crippen LogP contribution in [0.15, 0.2) is 12.3 Å². The van der Waals surface area contributed by atoms with Crippen LogP contribution in [-0.4, -0.2) is 23.5 Å². The molecule has 0 aliphatic carbocycles. The highest BCUT2D eigenvalue weighted by atomic mass is 16.2. The summed E-state index contributed by atoms with van der Waals surface area (Å²) in [5.74, 6) is 0.816.